The number of fused-ring (bicyclic) bond motifs is 1. The van der Waals surface area contributed by atoms with E-state index in [0.717, 1.165) is 0 Å². The lowest BCUT2D eigenvalue weighted by Gasteiger charge is -2.35. The van der Waals surface area contributed by atoms with Gasteiger partial charge in [0.05, 0.1) is 5.56 Å². The molecule has 1 heterocycles. The summed E-state index contributed by atoms with van der Waals surface area (Å²) < 4.78 is 41.2. The summed E-state index contributed by atoms with van der Waals surface area (Å²) in [7, 11) is 0. The molecule has 2 aromatic rings. The fraction of sp³-hybridized carbons (Fsp3) is 0.0667. The number of hydrogen-bond acceptors (Lipinski definition) is 3. The fourth-order valence-corrected chi connectivity index (χ4v) is 2.57. The number of hydrogen-bond donors (Lipinski definition) is 3. The molecule has 1 aliphatic heterocycles. The molecule has 21 heavy (non-hydrogen) atoms. The number of benzene rings is 2. The lowest BCUT2D eigenvalue weighted by atomic mass is 9.85. The third-order valence-electron chi connectivity index (χ3n) is 3.53. The van der Waals surface area contributed by atoms with Crippen LogP contribution in [0.3, 0.4) is 0 Å². The largest absolute Gasteiger partial charge is 0.398 e. The van der Waals surface area contributed by atoms with E-state index < -0.39 is 28.7 Å². The second kappa shape index (κ2) is 4.53. The van der Waals surface area contributed by atoms with Gasteiger partial charge in [0.15, 0.2) is 0 Å². The minimum absolute atomic E-state index is 0.411. The molecule has 0 aromatic heterocycles. The number of halogens is 3. The molecule has 0 saturated heterocycles. The molecule has 0 radical (unpaired) electrons. The fourth-order valence-electron chi connectivity index (χ4n) is 2.57. The molecule has 0 fully saturated rings. The first-order chi connectivity index (χ1) is 9.93. The molecule has 3 rings (SSSR count). The lowest BCUT2D eigenvalue weighted by Crippen LogP contribution is -2.52. The molecule has 0 amide bonds. The molecule has 0 bridgehead atoms. The standard InChI is InChI=1S/C15H12F3N3/c16-8-6-11(17)14(12(18)7-8)15(20)10-2-1-3-13(19)9(10)4-5-21-15/h1-7,21H,19-20H2. The van der Waals surface area contributed by atoms with Crippen molar-refractivity contribution in [2.45, 2.75) is 5.66 Å². The Balaban J connectivity index is 2.29. The Morgan fingerprint density at radius 3 is 2.38 bits per heavy atom. The SMILES string of the molecule is Nc1cccc2c1C=CNC2(N)c1c(F)cc(F)cc1F. The van der Waals surface area contributed by atoms with Crippen molar-refractivity contribution >= 4 is 11.8 Å². The van der Waals surface area contributed by atoms with Gasteiger partial charge in [-0.15, -0.1) is 0 Å². The van der Waals surface area contributed by atoms with Gasteiger partial charge in [-0.2, -0.15) is 0 Å². The van der Waals surface area contributed by atoms with E-state index in [-0.39, 0.29) is 0 Å². The van der Waals surface area contributed by atoms with E-state index in [9.17, 15) is 13.2 Å². The highest BCUT2D eigenvalue weighted by Gasteiger charge is 2.38. The molecule has 1 unspecified atom stereocenters. The number of nitrogens with two attached hydrogens (primary N) is 2. The molecule has 0 saturated carbocycles. The smallest absolute Gasteiger partial charge is 0.145 e. The molecular weight excluding hydrogens is 279 g/mol. The predicted molar refractivity (Wildman–Crippen MR) is 74.3 cm³/mol. The Labute approximate surface area is 119 Å². The molecule has 108 valence electrons. The van der Waals surface area contributed by atoms with E-state index in [1.807, 2.05) is 0 Å². The van der Waals surface area contributed by atoms with Crippen LogP contribution in [0.4, 0.5) is 18.9 Å². The van der Waals surface area contributed by atoms with Crippen LogP contribution in [0.1, 0.15) is 16.7 Å². The van der Waals surface area contributed by atoms with Gasteiger partial charge in [-0.3, -0.25) is 0 Å². The van der Waals surface area contributed by atoms with E-state index in [4.69, 9.17) is 11.5 Å². The Bertz CT molecular complexity index is 735. The van der Waals surface area contributed by atoms with Crippen molar-refractivity contribution in [3.8, 4) is 0 Å². The Kier molecular flexibility index (Phi) is 2.91. The van der Waals surface area contributed by atoms with E-state index in [1.165, 1.54) is 6.20 Å². The van der Waals surface area contributed by atoms with Crippen LogP contribution in [0.15, 0.2) is 36.5 Å². The van der Waals surface area contributed by atoms with Crippen LogP contribution in [0.25, 0.3) is 6.08 Å². The maximum Gasteiger partial charge on any atom is 0.145 e. The van der Waals surface area contributed by atoms with E-state index in [1.54, 1.807) is 24.3 Å². The topological polar surface area (TPSA) is 64.1 Å². The van der Waals surface area contributed by atoms with Crippen LogP contribution in [-0.2, 0) is 5.66 Å². The minimum atomic E-state index is -1.67. The van der Waals surface area contributed by atoms with Crippen LogP contribution in [-0.4, -0.2) is 0 Å². The van der Waals surface area contributed by atoms with Crippen molar-refractivity contribution in [2.24, 2.45) is 5.73 Å². The first-order valence-electron chi connectivity index (χ1n) is 6.20. The van der Waals surface area contributed by atoms with Gasteiger partial charge in [0.25, 0.3) is 0 Å². The summed E-state index contributed by atoms with van der Waals surface area (Å²) in [5, 5.41) is 2.74. The molecule has 6 heteroatoms. The summed E-state index contributed by atoms with van der Waals surface area (Å²) in [6.07, 6.45) is 3.12. The van der Waals surface area contributed by atoms with Crippen LogP contribution >= 0.6 is 0 Å². The minimum Gasteiger partial charge on any atom is -0.398 e. The van der Waals surface area contributed by atoms with Gasteiger partial charge in [-0.1, -0.05) is 12.1 Å². The quantitative estimate of drug-likeness (QED) is 0.707. The molecule has 1 atom stereocenters. The van der Waals surface area contributed by atoms with Crippen molar-refractivity contribution in [3.63, 3.8) is 0 Å². The number of anilines is 1. The maximum absolute atomic E-state index is 14.1. The van der Waals surface area contributed by atoms with Gasteiger partial charge >= 0.3 is 0 Å². The third kappa shape index (κ3) is 1.95. The summed E-state index contributed by atoms with van der Waals surface area (Å²) in [6.45, 7) is 0. The zero-order chi connectivity index (χ0) is 15.2. The van der Waals surface area contributed by atoms with E-state index in [2.05, 4.69) is 5.32 Å². The number of rotatable bonds is 1. The second-order valence-corrected chi connectivity index (χ2v) is 4.84. The monoisotopic (exact) mass is 291 g/mol. The van der Waals surface area contributed by atoms with Gasteiger partial charge < -0.3 is 16.8 Å². The van der Waals surface area contributed by atoms with Crippen molar-refractivity contribution < 1.29 is 13.2 Å². The van der Waals surface area contributed by atoms with Crippen molar-refractivity contribution in [1.29, 1.82) is 0 Å². The highest BCUT2D eigenvalue weighted by Crippen LogP contribution is 2.36. The van der Waals surface area contributed by atoms with Gasteiger partial charge in [0, 0.05) is 28.9 Å². The molecular formula is C15H12F3N3. The Hall–Kier alpha value is -2.47. The molecule has 2 aromatic carbocycles. The summed E-state index contributed by atoms with van der Waals surface area (Å²) >= 11 is 0. The van der Waals surface area contributed by atoms with E-state index in [0.29, 0.717) is 28.9 Å². The number of nitrogens with one attached hydrogen (secondary N) is 1. The lowest BCUT2D eigenvalue weighted by molar-refractivity contribution is 0.409. The molecule has 1 aliphatic rings. The van der Waals surface area contributed by atoms with Crippen molar-refractivity contribution in [1.82, 2.24) is 5.32 Å². The van der Waals surface area contributed by atoms with Gasteiger partial charge in [-0.25, -0.2) is 13.2 Å². The van der Waals surface area contributed by atoms with Crippen LogP contribution in [0.2, 0.25) is 0 Å². The van der Waals surface area contributed by atoms with E-state index >= 15 is 0 Å². The predicted octanol–water partition coefficient (Wildman–Crippen LogP) is 2.42. The van der Waals surface area contributed by atoms with Gasteiger partial charge in [-0.05, 0) is 18.3 Å². The summed E-state index contributed by atoms with van der Waals surface area (Å²) in [5.74, 6) is -3.13. The van der Waals surface area contributed by atoms with Crippen molar-refractivity contribution in [2.75, 3.05) is 5.73 Å². The second-order valence-electron chi connectivity index (χ2n) is 4.84. The summed E-state index contributed by atoms with van der Waals surface area (Å²) in [5.41, 5.74) is 11.3. The molecule has 0 spiro atoms. The maximum atomic E-state index is 14.1. The molecule has 0 aliphatic carbocycles. The van der Waals surface area contributed by atoms with Gasteiger partial charge in [0.2, 0.25) is 0 Å². The average Bonchev–Trinajstić information content (AvgIpc) is 2.39. The molecule has 3 nitrogen and oxygen atoms in total. The zero-order valence-corrected chi connectivity index (χ0v) is 10.8. The molecule has 5 N–H and O–H groups in total. The normalized spacial score (nSPS) is 20.0. The van der Waals surface area contributed by atoms with Crippen molar-refractivity contribution in [3.05, 3.63) is 70.7 Å². The highest BCUT2D eigenvalue weighted by molar-refractivity contribution is 5.71. The van der Waals surface area contributed by atoms with Crippen LogP contribution in [0, 0.1) is 17.5 Å². The summed E-state index contributed by atoms with van der Waals surface area (Å²) in [4.78, 5) is 0. The number of nitrogen functional groups attached to an aromatic ring is 1. The van der Waals surface area contributed by atoms with Gasteiger partial charge in [0.1, 0.15) is 23.1 Å². The first kappa shape index (κ1) is 13.5. The average molecular weight is 291 g/mol. The zero-order valence-electron chi connectivity index (χ0n) is 10.8. The third-order valence-corrected chi connectivity index (χ3v) is 3.53. The summed E-state index contributed by atoms with van der Waals surface area (Å²) in [6, 6.07) is 6.10. The van der Waals surface area contributed by atoms with Crippen LogP contribution in [0.5, 0.6) is 0 Å². The first-order valence-corrected chi connectivity index (χ1v) is 6.20. The Morgan fingerprint density at radius 1 is 1.05 bits per heavy atom. The Morgan fingerprint density at radius 2 is 1.71 bits per heavy atom. The highest BCUT2D eigenvalue weighted by atomic mass is 19.1. The van der Waals surface area contributed by atoms with Crippen LogP contribution < -0.4 is 16.8 Å².